The average Bonchev–Trinajstić information content (AvgIpc) is 2.78. The number of nitrogens with two attached hydrogens (primary N) is 1. The quantitative estimate of drug-likeness (QED) is 0.477. The summed E-state index contributed by atoms with van der Waals surface area (Å²) < 4.78 is 10.1. The summed E-state index contributed by atoms with van der Waals surface area (Å²) in [6.45, 7) is -0.199. The minimum atomic E-state index is -0.631. The van der Waals surface area contributed by atoms with Crippen LogP contribution in [0.15, 0.2) is 29.8 Å². The molecule has 6 nitrogen and oxygen atoms in total. The summed E-state index contributed by atoms with van der Waals surface area (Å²) in [4.78, 5) is 32.3. The minimum Gasteiger partial charge on any atom is -0.484 e. The van der Waals surface area contributed by atoms with Crippen LogP contribution in [0.2, 0.25) is 0 Å². The lowest BCUT2D eigenvalue weighted by molar-refractivity contribution is -0.139. The maximum atomic E-state index is 11.2. The van der Waals surface area contributed by atoms with Gasteiger partial charge in [0, 0.05) is 6.42 Å². The van der Waals surface area contributed by atoms with E-state index < -0.39 is 18.0 Å². The molecule has 1 aliphatic heterocycles. The molecule has 0 radical (unpaired) electrons. The number of cyclic esters (lactones) is 1. The first kappa shape index (κ1) is 12.9. The highest BCUT2D eigenvalue weighted by molar-refractivity contribution is 5.98. The van der Waals surface area contributed by atoms with E-state index in [1.165, 1.54) is 0 Å². The predicted octanol–water partition coefficient (Wildman–Crippen LogP) is 0.297. The summed E-state index contributed by atoms with van der Waals surface area (Å²) in [5.41, 5.74) is 5.71. The van der Waals surface area contributed by atoms with Crippen molar-refractivity contribution in [1.82, 2.24) is 0 Å². The van der Waals surface area contributed by atoms with Gasteiger partial charge in [0.15, 0.2) is 6.61 Å². The van der Waals surface area contributed by atoms with E-state index in [0.29, 0.717) is 5.75 Å². The zero-order valence-electron chi connectivity index (χ0n) is 9.92. The lowest BCUT2D eigenvalue weighted by Gasteiger charge is -2.09. The van der Waals surface area contributed by atoms with Gasteiger partial charge in [-0.1, -0.05) is 12.1 Å². The Morgan fingerprint density at radius 1 is 1.42 bits per heavy atom. The molecule has 6 heteroatoms. The number of esters is 1. The van der Waals surface area contributed by atoms with Crippen molar-refractivity contribution in [2.45, 2.75) is 12.5 Å². The molecule has 0 spiro atoms. The lowest BCUT2D eigenvalue weighted by atomic mass is 10.1. The highest BCUT2D eigenvalue weighted by Gasteiger charge is 2.31. The molecule has 1 aromatic rings. The highest BCUT2D eigenvalue weighted by atomic mass is 16.5. The summed E-state index contributed by atoms with van der Waals surface area (Å²) in [6.07, 6.45) is -0.266. The molecular weight excluding hydrogens is 250 g/mol. The van der Waals surface area contributed by atoms with Gasteiger partial charge in [0.2, 0.25) is 0 Å². The Bertz CT molecular complexity index is 557. The van der Waals surface area contributed by atoms with E-state index in [1.807, 2.05) is 0 Å². The van der Waals surface area contributed by atoms with E-state index in [1.54, 1.807) is 30.2 Å². The first-order valence-electron chi connectivity index (χ1n) is 5.56. The molecule has 2 rings (SSSR count). The molecule has 1 atom stereocenters. The van der Waals surface area contributed by atoms with Gasteiger partial charge in [-0.05, 0) is 17.7 Å². The van der Waals surface area contributed by atoms with Gasteiger partial charge < -0.3 is 15.2 Å². The Morgan fingerprint density at radius 3 is 2.63 bits per heavy atom. The van der Waals surface area contributed by atoms with Gasteiger partial charge in [0.1, 0.15) is 23.4 Å². The molecule has 2 N–H and O–H groups in total. The molecule has 0 bridgehead atoms. The summed E-state index contributed by atoms with van der Waals surface area (Å²) in [7, 11) is 0. The molecule has 0 aromatic heterocycles. The molecular formula is C13H11NO5. The van der Waals surface area contributed by atoms with Crippen LogP contribution in [-0.2, 0) is 19.1 Å². The second-order valence-electron chi connectivity index (χ2n) is 4.00. The van der Waals surface area contributed by atoms with Crippen molar-refractivity contribution < 1.29 is 23.9 Å². The zero-order chi connectivity index (χ0) is 13.8. The Labute approximate surface area is 108 Å². The Balaban J connectivity index is 2.05. The first-order valence-corrected chi connectivity index (χ1v) is 5.56. The fourth-order valence-electron chi connectivity index (χ4n) is 1.71. The van der Waals surface area contributed by atoms with Gasteiger partial charge >= 0.3 is 5.97 Å². The second-order valence-corrected chi connectivity index (χ2v) is 4.00. The smallest absolute Gasteiger partial charge is 0.346 e. The van der Waals surface area contributed by atoms with Gasteiger partial charge in [0.05, 0.1) is 0 Å². The van der Waals surface area contributed by atoms with Gasteiger partial charge in [-0.3, -0.25) is 4.79 Å². The third kappa shape index (κ3) is 3.00. The number of rotatable bonds is 4. The number of carbonyl (C=O) groups is 2. The topological polar surface area (TPSA) is 95.7 Å². The average molecular weight is 261 g/mol. The van der Waals surface area contributed by atoms with Crippen molar-refractivity contribution in [1.29, 1.82) is 0 Å². The third-order valence-corrected chi connectivity index (χ3v) is 2.64. The Kier molecular flexibility index (Phi) is 3.63. The van der Waals surface area contributed by atoms with Crippen LogP contribution in [0.3, 0.4) is 0 Å². The van der Waals surface area contributed by atoms with E-state index in [2.05, 4.69) is 0 Å². The van der Waals surface area contributed by atoms with Crippen LogP contribution in [0, 0.1) is 0 Å². The number of hydrogen-bond acceptors (Lipinski definition) is 5. The van der Waals surface area contributed by atoms with E-state index in [9.17, 15) is 14.4 Å². The summed E-state index contributed by atoms with van der Waals surface area (Å²) in [6, 6.07) is 6.66. The molecule has 98 valence electrons. The third-order valence-electron chi connectivity index (χ3n) is 2.64. The highest BCUT2D eigenvalue weighted by Crippen LogP contribution is 2.32. The second kappa shape index (κ2) is 5.37. The molecule has 1 saturated heterocycles. The number of primary amides is 1. The molecule has 1 aromatic carbocycles. The molecule has 1 heterocycles. The molecule has 0 saturated carbocycles. The Morgan fingerprint density at radius 2 is 2.11 bits per heavy atom. The van der Waals surface area contributed by atoms with Gasteiger partial charge in [-0.25, -0.2) is 9.59 Å². The van der Waals surface area contributed by atoms with Crippen LogP contribution in [0.1, 0.15) is 18.1 Å². The normalized spacial score (nSPS) is 17.8. The minimum absolute atomic E-state index is 0.0130. The fourth-order valence-corrected chi connectivity index (χ4v) is 1.71. The maximum absolute atomic E-state index is 11.2. The maximum Gasteiger partial charge on any atom is 0.346 e. The fraction of sp³-hybridized carbons (Fsp3) is 0.231. The van der Waals surface area contributed by atoms with E-state index in [0.717, 1.165) is 5.56 Å². The predicted molar refractivity (Wildman–Crippen MR) is 63.8 cm³/mol. The van der Waals surface area contributed by atoms with Crippen LogP contribution in [-0.4, -0.2) is 24.4 Å². The summed E-state index contributed by atoms with van der Waals surface area (Å²) >= 11 is 0. The van der Waals surface area contributed by atoms with Crippen LogP contribution < -0.4 is 10.5 Å². The van der Waals surface area contributed by atoms with Crippen LogP contribution in [0.5, 0.6) is 5.75 Å². The Hall–Kier alpha value is -2.59. The standard InChI is InChI=1S/C13H11NO5/c14-12(16)7-18-10-3-1-8(2-4-10)11-5-9(6-15)13(17)19-11/h1-4,11H,5,7H2,(H2,14,16). The molecule has 1 amide bonds. The van der Waals surface area contributed by atoms with E-state index >= 15 is 0 Å². The number of amides is 1. The lowest BCUT2D eigenvalue weighted by Crippen LogP contribution is -2.19. The van der Waals surface area contributed by atoms with E-state index in [-0.39, 0.29) is 18.6 Å². The number of carbonyl (C=O) groups excluding carboxylic acids is 3. The van der Waals surface area contributed by atoms with Crippen molar-refractivity contribution >= 4 is 17.8 Å². The molecule has 1 aliphatic rings. The molecule has 19 heavy (non-hydrogen) atoms. The molecule has 0 aliphatic carbocycles. The SMILES string of the molecule is NC(=O)COc1ccc(C2CC(=C=O)C(=O)O2)cc1. The van der Waals surface area contributed by atoms with Crippen molar-refractivity contribution in [2.24, 2.45) is 5.73 Å². The van der Waals surface area contributed by atoms with Crippen LogP contribution >= 0.6 is 0 Å². The summed E-state index contributed by atoms with van der Waals surface area (Å²) in [5.74, 6) is 0.867. The largest absolute Gasteiger partial charge is 0.484 e. The van der Waals surface area contributed by atoms with Crippen molar-refractivity contribution in [3.63, 3.8) is 0 Å². The monoisotopic (exact) mass is 261 g/mol. The van der Waals surface area contributed by atoms with Gasteiger partial charge in [-0.2, -0.15) is 0 Å². The van der Waals surface area contributed by atoms with Crippen molar-refractivity contribution in [3.8, 4) is 5.75 Å². The van der Waals surface area contributed by atoms with Crippen molar-refractivity contribution in [3.05, 3.63) is 35.4 Å². The molecule has 1 unspecified atom stereocenters. The number of hydrogen-bond donors (Lipinski definition) is 1. The molecule has 1 fully saturated rings. The van der Waals surface area contributed by atoms with Crippen LogP contribution in [0.4, 0.5) is 0 Å². The van der Waals surface area contributed by atoms with Gasteiger partial charge in [0.25, 0.3) is 5.91 Å². The van der Waals surface area contributed by atoms with E-state index in [4.69, 9.17) is 15.2 Å². The summed E-state index contributed by atoms with van der Waals surface area (Å²) in [5, 5.41) is 0. The zero-order valence-corrected chi connectivity index (χ0v) is 9.92. The van der Waals surface area contributed by atoms with Crippen molar-refractivity contribution in [2.75, 3.05) is 6.61 Å². The van der Waals surface area contributed by atoms with Crippen LogP contribution in [0.25, 0.3) is 0 Å². The number of benzene rings is 1. The number of ether oxygens (including phenoxy) is 2. The van der Waals surface area contributed by atoms with Gasteiger partial charge in [-0.15, -0.1) is 0 Å². The first-order chi connectivity index (χ1) is 9.10.